The summed E-state index contributed by atoms with van der Waals surface area (Å²) in [6, 6.07) is 13.8. The van der Waals surface area contributed by atoms with Crippen LogP contribution in [0.1, 0.15) is 5.56 Å². The summed E-state index contributed by atoms with van der Waals surface area (Å²) < 4.78 is 5.67. The zero-order chi connectivity index (χ0) is 12.6. The molecule has 0 bridgehead atoms. The Labute approximate surface area is 107 Å². The van der Waals surface area contributed by atoms with Crippen molar-refractivity contribution in [3.05, 3.63) is 60.4 Å². The van der Waals surface area contributed by atoms with E-state index in [0.29, 0.717) is 6.61 Å². The maximum atomic E-state index is 5.67. The number of para-hydroxylation sites is 1. The second-order valence-electron chi connectivity index (χ2n) is 4.05. The molecule has 94 valence electrons. The van der Waals surface area contributed by atoms with E-state index >= 15 is 0 Å². The molecule has 0 aliphatic heterocycles. The maximum Gasteiger partial charge on any atom is 0.119 e. The summed E-state index contributed by atoms with van der Waals surface area (Å²) in [7, 11) is 0. The molecule has 2 rings (SSSR count). The van der Waals surface area contributed by atoms with E-state index in [0.717, 1.165) is 12.2 Å². The molecule has 2 aromatic rings. The number of rotatable bonds is 6. The maximum absolute atomic E-state index is 5.67. The molecule has 1 atom stereocenters. The molecule has 0 amide bonds. The Kier molecular flexibility index (Phi) is 4.69. The fraction of sp³-hybridized carbons (Fsp3) is 0.214. The fourth-order valence-electron chi connectivity index (χ4n) is 1.68. The summed E-state index contributed by atoms with van der Waals surface area (Å²) >= 11 is 0. The number of nitrogens with two attached hydrogens (primary N) is 1. The number of hydrazine groups is 1. The van der Waals surface area contributed by atoms with Crippen molar-refractivity contribution in [2.24, 2.45) is 5.84 Å². The highest BCUT2D eigenvalue weighted by Crippen LogP contribution is 2.09. The number of benzene rings is 1. The van der Waals surface area contributed by atoms with Crippen LogP contribution in [-0.4, -0.2) is 17.6 Å². The molecule has 4 nitrogen and oxygen atoms in total. The van der Waals surface area contributed by atoms with Gasteiger partial charge in [0.15, 0.2) is 0 Å². The molecule has 0 spiro atoms. The van der Waals surface area contributed by atoms with Crippen molar-refractivity contribution in [3.8, 4) is 5.75 Å². The molecule has 0 aliphatic carbocycles. The van der Waals surface area contributed by atoms with Gasteiger partial charge < -0.3 is 4.74 Å². The van der Waals surface area contributed by atoms with E-state index in [-0.39, 0.29) is 6.04 Å². The molecule has 0 saturated carbocycles. The number of ether oxygens (including phenoxy) is 1. The van der Waals surface area contributed by atoms with Crippen LogP contribution in [0, 0.1) is 0 Å². The van der Waals surface area contributed by atoms with Crippen LogP contribution in [0.25, 0.3) is 0 Å². The summed E-state index contributed by atoms with van der Waals surface area (Å²) in [5.41, 5.74) is 3.96. The molecule has 0 fully saturated rings. The smallest absolute Gasteiger partial charge is 0.119 e. The third-order valence-corrected chi connectivity index (χ3v) is 2.66. The minimum Gasteiger partial charge on any atom is -0.492 e. The van der Waals surface area contributed by atoms with Crippen molar-refractivity contribution in [2.45, 2.75) is 12.5 Å². The van der Waals surface area contributed by atoms with Crippen LogP contribution in [-0.2, 0) is 6.42 Å². The second kappa shape index (κ2) is 6.74. The van der Waals surface area contributed by atoms with Gasteiger partial charge in [0.25, 0.3) is 0 Å². The average molecular weight is 243 g/mol. The summed E-state index contributed by atoms with van der Waals surface area (Å²) in [6.07, 6.45) is 4.37. The molecule has 18 heavy (non-hydrogen) atoms. The first-order valence-electron chi connectivity index (χ1n) is 5.91. The molecule has 0 saturated heterocycles. The minimum absolute atomic E-state index is 0.0765. The van der Waals surface area contributed by atoms with Crippen molar-refractivity contribution >= 4 is 0 Å². The van der Waals surface area contributed by atoms with E-state index < -0.39 is 0 Å². The predicted molar refractivity (Wildman–Crippen MR) is 71.0 cm³/mol. The van der Waals surface area contributed by atoms with Crippen molar-refractivity contribution in [3.63, 3.8) is 0 Å². The SMILES string of the molecule is NNC(COc1ccccc1)Cc1ccncc1. The van der Waals surface area contributed by atoms with Crippen molar-refractivity contribution in [1.29, 1.82) is 0 Å². The Morgan fingerprint density at radius 1 is 1.11 bits per heavy atom. The number of hydrogen-bond acceptors (Lipinski definition) is 4. The Hall–Kier alpha value is -1.91. The van der Waals surface area contributed by atoms with Crippen LogP contribution in [0.4, 0.5) is 0 Å². The van der Waals surface area contributed by atoms with Crippen molar-refractivity contribution < 1.29 is 4.74 Å². The van der Waals surface area contributed by atoms with Gasteiger partial charge in [-0.2, -0.15) is 0 Å². The van der Waals surface area contributed by atoms with E-state index in [1.807, 2.05) is 42.5 Å². The van der Waals surface area contributed by atoms with Gasteiger partial charge in [0.2, 0.25) is 0 Å². The normalized spacial score (nSPS) is 12.1. The van der Waals surface area contributed by atoms with Gasteiger partial charge in [0, 0.05) is 12.4 Å². The Morgan fingerprint density at radius 3 is 2.50 bits per heavy atom. The lowest BCUT2D eigenvalue weighted by Gasteiger charge is -2.16. The molecule has 3 N–H and O–H groups in total. The monoisotopic (exact) mass is 243 g/mol. The topological polar surface area (TPSA) is 60.2 Å². The fourth-order valence-corrected chi connectivity index (χ4v) is 1.68. The molecule has 1 aromatic heterocycles. The Balaban J connectivity index is 1.86. The van der Waals surface area contributed by atoms with Crippen molar-refractivity contribution in [2.75, 3.05) is 6.61 Å². The first-order valence-corrected chi connectivity index (χ1v) is 5.91. The van der Waals surface area contributed by atoms with E-state index in [1.54, 1.807) is 12.4 Å². The zero-order valence-corrected chi connectivity index (χ0v) is 10.1. The van der Waals surface area contributed by atoms with Gasteiger partial charge >= 0.3 is 0 Å². The molecule has 0 aliphatic rings. The minimum atomic E-state index is 0.0765. The first kappa shape index (κ1) is 12.5. The highest BCUT2D eigenvalue weighted by Gasteiger charge is 2.08. The number of nitrogens with zero attached hydrogens (tertiary/aromatic N) is 1. The lowest BCUT2D eigenvalue weighted by molar-refractivity contribution is 0.264. The first-order chi connectivity index (χ1) is 8.88. The average Bonchev–Trinajstić information content (AvgIpc) is 2.45. The summed E-state index contributed by atoms with van der Waals surface area (Å²) in [5, 5.41) is 0. The van der Waals surface area contributed by atoms with Gasteiger partial charge in [-0.1, -0.05) is 18.2 Å². The van der Waals surface area contributed by atoms with E-state index in [2.05, 4.69) is 10.4 Å². The number of pyridine rings is 1. The van der Waals surface area contributed by atoms with Crippen LogP contribution in [0.5, 0.6) is 5.75 Å². The molecule has 4 heteroatoms. The summed E-state index contributed by atoms with van der Waals surface area (Å²) in [6.45, 7) is 0.531. The molecule has 1 aromatic carbocycles. The van der Waals surface area contributed by atoms with Gasteiger partial charge in [-0.3, -0.25) is 16.3 Å². The summed E-state index contributed by atoms with van der Waals surface area (Å²) in [5.74, 6) is 6.39. The van der Waals surface area contributed by atoms with Crippen LogP contribution in [0.3, 0.4) is 0 Å². The predicted octanol–water partition coefficient (Wildman–Crippen LogP) is 1.53. The Bertz CT molecular complexity index is 447. The zero-order valence-electron chi connectivity index (χ0n) is 10.1. The molecular weight excluding hydrogens is 226 g/mol. The molecule has 1 unspecified atom stereocenters. The van der Waals surface area contributed by atoms with E-state index in [9.17, 15) is 0 Å². The lowest BCUT2D eigenvalue weighted by Crippen LogP contribution is -2.41. The van der Waals surface area contributed by atoms with Gasteiger partial charge in [-0.05, 0) is 36.2 Å². The van der Waals surface area contributed by atoms with E-state index in [4.69, 9.17) is 10.6 Å². The van der Waals surface area contributed by atoms with Crippen LogP contribution >= 0.6 is 0 Å². The van der Waals surface area contributed by atoms with Gasteiger partial charge in [-0.25, -0.2) is 0 Å². The number of nitrogens with one attached hydrogen (secondary N) is 1. The van der Waals surface area contributed by atoms with Crippen LogP contribution in [0.2, 0.25) is 0 Å². The highest BCUT2D eigenvalue weighted by molar-refractivity contribution is 5.21. The lowest BCUT2D eigenvalue weighted by atomic mass is 10.1. The summed E-state index contributed by atoms with van der Waals surface area (Å²) in [4.78, 5) is 3.99. The molecule has 1 heterocycles. The third-order valence-electron chi connectivity index (χ3n) is 2.66. The quantitative estimate of drug-likeness (QED) is 0.597. The van der Waals surface area contributed by atoms with Crippen LogP contribution < -0.4 is 16.0 Å². The second-order valence-corrected chi connectivity index (χ2v) is 4.05. The molecule has 0 radical (unpaired) electrons. The highest BCUT2D eigenvalue weighted by atomic mass is 16.5. The van der Waals surface area contributed by atoms with E-state index in [1.165, 1.54) is 5.56 Å². The standard InChI is InChI=1S/C14H17N3O/c15-17-13(10-12-6-8-16-9-7-12)11-18-14-4-2-1-3-5-14/h1-9,13,17H,10-11,15H2. The van der Waals surface area contributed by atoms with Crippen molar-refractivity contribution in [1.82, 2.24) is 10.4 Å². The number of aromatic nitrogens is 1. The Morgan fingerprint density at radius 2 is 1.83 bits per heavy atom. The third kappa shape index (κ3) is 3.84. The largest absolute Gasteiger partial charge is 0.492 e. The van der Waals surface area contributed by atoms with Gasteiger partial charge in [-0.15, -0.1) is 0 Å². The van der Waals surface area contributed by atoms with Gasteiger partial charge in [0.05, 0.1) is 6.04 Å². The van der Waals surface area contributed by atoms with Gasteiger partial charge in [0.1, 0.15) is 12.4 Å². The van der Waals surface area contributed by atoms with Crippen LogP contribution in [0.15, 0.2) is 54.9 Å². The molecular formula is C14H17N3O. The number of hydrogen-bond donors (Lipinski definition) is 2.